The zero-order valence-corrected chi connectivity index (χ0v) is 17.4. The molecule has 1 N–H and O–H groups in total. The number of hydrogen-bond acceptors (Lipinski definition) is 5. The minimum absolute atomic E-state index is 0.0791. The van der Waals surface area contributed by atoms with E-state index in [-0.39, 0.29) is 12.5 Å². The van der Waals surface area contributed by atoms with Crippen molar-refractivity contribution < 1.29 is 4.79 Å². The second-order valence-electron chi connectivity index (χ2n) is 7.15. The van der Waals surface area contributed by atoms with Gasteiger partial charge in [-0.2, -0.15) is 0 Å². The third kappa shape index (κ3) is 4.59. The van der Waals surface area contributed by atoms with Crippen molar-refractivity contribution in [2.45, 2.75) is 30.4 Å². The number of aryl methyl sites for hydroxylation is 1. The molecule has 1 aromatic heterocycles. The molecule has 1 atom stereocenters. The first-order valence-corrected chi connectivity index (χ1v) is 10.7. The molecule has 0 radical (unpaired) electrons. The molecule has 148 valence electrons. The quantitative estimate of drug-likeness (QED) is 0.678. The van der Waals surface area contributed by atoms with Gasteiger partial charge in [-0.15, -0.1) is 11.8 Å². The highest BCUT2D eigenvalue weighted by molar-refractivity contribution is 8.00. The highest BCUT2D eigenvalue weighted by atomic mass is 32.2. The van der Waals surface area contributed by atoms with E-state index in [9.17, 15) is 4.79 Å². The van der Waals surface area contributed by atoms with Crippen LogP contribution in [0.5, 0.6) is 0 Å². The van der Waals surface area contributed by atoms with Crippen LogP contribution >= 0.6 is 11.8 Å². The fourth-order valence-corrected chi connectivity index (χ4v) is 4.54. The van der Waals surface area contributed by atoms with Gasteiger partial charge >= 0.3 is 0 Å². The standard InChI is InChI=1S/C23H24N4OS/c1-16-11-13-27(21-8-3-4-9-22(21)29-16)23(28)15-25-19-7-5-6-18(14-19)20-10-12-24-17(2)26-20/h3-10,12,14,16,25H,11,13,15H2,1-2H3/t16-/m0/s1. The van der Waals surface area contributed by atoms with Crippen LogP contribution in [0.4, 0.5) is 11.4 Å². The molecule has 1 aliphatic heterocycles. The van der Waals surface area contributed by atoms with Crippen molar-refractivity contribution in [3.63, 3.8) is 0 Å². The van der Waals surface area contributed by atoms with E-state index in [0.29, 0.717) is 5.25 Å². The van der Waals surface area contributed by atoms with E-state index in [0.717, 1.165) is 41.4 Å². The van der Waals surface area contributed by atoms with Crippen molar-refractivity contribution in [1.82, 2.24) is 9.97 Å². The van der Waals surface area contributed by atoms with E-state index < -0.39 is 0 Å². The molecule has 4 rings (SSSR count). The van der Waals surface area contributed by atoms with Gasteiger partial charge in [-0.05, 0) is 43.7 Å². The smallest absolute Gasteiger partial charge is 0.246 e. The van der Waals surface area contributed by atoms with Crippen LogP contribution in [0, 0.1) is 6.92 Å². The molecule has 2 aromatic carbocycles. The van der Waals surface area contributed by atoms with E-state index >= 15 is 0 Å². The minimum Gasteiger partial charge on any atom is -0.376 e. The predicted molar refractivity (Wildman–Crippen MR) is 119 cm³/mol. The van der Waals surface area contributed by atoms with Crippen LogP contribution in [0.2, 0.25) is 0 Å². The maximum Gasteiger partial charge on any atom is 0.246 e. The third-order valence-corrected chi connectivity index (χ3v) is 6.16. The largest absolute Gasteiger partial charge is 0.376 e. The Labute approximate surface area is 175 Å². The molecule has 6 heteroatoms. The second-order valence-corrected chi connectivity index (χ2v) is 8.63. The Kier molecular flexibility index (Phi) is 5.81. The van der Waals surface area contributed by atoms with Crippen LogP contribution < -0.4 is 10.2 Å². The molecule has 0 saturated carbocycles. The minimum atomic E-state index is 0.0791. The van der Waals surface area contributed by atoms with Gasteiger partial charge in [-0.3, -0.25) is 4.79 Å². The van der Waals surface area contributed by atoms with Crippen molar-refractivity contribution in [2.75, 3.05) is 23.3 Å². The number of amides is 1. The maximum atomic E-state index is 13.0. The molecule has 1 amide bonds. The summed E-state index contributed by atoms with van der Waals surface area (Å²) in [6.07, 6.45) is 2.74. The molecule has 0 bridgehead atoms. The molecule has 3 aromatic rings. The molecule has 5 nitrogen and oxygen atoms in total. The number of thioether (sulfide) groups is 1. The molecule has 0 unspecified atom stereocenters. The summed E-state index contributed by atoms with van der Waals surface area (Å²) in [7, 11) is 0. The molecule has 0 aliphatic carbocycles. The lowest BCUT2D eigenvalue weighted by atomic mass is 10.1. The Morgan fingerprint density at radius 1 is 1.21 bits per heavy atom. The maximum absolute atomic E-state index is 13.0. The monoisotopic (exact) mass is 404 g/mol. The number of hydrogen-bond donors (Lipinski definition) is 1. The zero-order chi connectivity index (χ0) is 20.2. The summed E-state index contributed by atoms with van der Waals surface area (Å²) >= 11 is 1.84. The molecule has 0 spiro atoms. The molecule has 0 saturated heterocycles. The average molecular weight is 405 g/mol. The SMILES string of the molecule is Cc1nccc(-c2cccc(NCC(=O)N3CC[C@H](C)Sc4ccccc43)c2)n1. The number of rotatable bonds is 4. The number of nitrogens with one attached hydrogen (secondary N) is 1. The number of fused-ring (bicyclic) bond motifs is 1. The van der Waals surface area contributed by atoms with Crippen molar-refractivity contribution in [3.05, 3.63) is 66.6 Å². The summed E-state index contributed by atoms with van der Waals surface area (Å²) in [4.78, 5) is 24.7. The first-order valence-electron chi connectivity index (χ1n) is 9.80. The van der Waals surface area contributed by atoms with Gasteiger partial charge in [0.05, 0.1) is 17.9 Å². The lowest BCUT2D eigenvalue weighted by Crippen LogP contribution is -2.36. The second kappa shape index (κ2) is 8.66. The predicted octanol–water partition coefficient (Wildman–Crippen LogP) is 4.78. The summed E-state index contributed by atoms with van der Waals surface area (Å²) in [6.45, 7) is 5.09. The van der Waals surface area contributed by atoms with Gasteiger partial charge in [0, 0.05) is 34.1 Å². The Hall–Kier alpha value is -2.86. The summed E-state index contributed by atoms with van der Waals surface area (Å²) in [6, 6.07) is 18.0. The van der Waals surface area contributed by atoms with Gasteiger partial charge in [-0.25, -0.2) is 9.97 Å². The average Bonchev–Trinajstić information content (AvgIpc) is 2.90. The number of nitrogens with zero attached hydrogens (tertiary/aromatic N) is 3. The third-order valence-electron chi connectivity index (χ3n) is 4.92. The van der Waals surface area contributed by atoms with E-state index in [1.165, 1.54) is 4.90 Å². The number of para-hydroxylation sites is 1. The van der Waals surface area contributed by atoms with Crippen LogP contribution in [-0.2, 0) is 4.79 Å². The molecule has 1 aliphatic rings. The fraction of sp³-hybridized carbons (Fsp3) is 0.261. The highest BCUT2D eigenvalue weighted by Gasteiger charge is 2.23. The Balaban J connectivity index is 1.48. The zero-order valence-electron chi connectivity index (χ0n) is 16.6. The van der Waals surface area contributed by atoms with Gasteiger partial charge in [0.15, 0.2) is 0 Å². The number of carbonyl (C=O) groups excluding carboxylic acids is 1. The van der Waals surface area contributed by atoms with Crippen LogP contribution in [-0.4, -0.2) is 34.2 Å². The van der Waals surface area contributed by atoms with E-state index in [4.69, 9.17) is 0 Å². The summed E-state index contributed by atoms with van der Waals surface area (Å²) in [5.41, 5.74) is 3.79. The topological polar surface area (TPSA) is 58.1 Å². The summed E-state index contributed by atoms with van der Waals surface area (Å²) in [5.74, 6) is 0.818. The van der Waals surface area contributed by atoms with E-state index in [1.54, 1.807) is 6.20 Å². The lowest BCUT2D eigenvalue weighted by molar-refractivity contribution is -0.117. The molecule has 0 fully saturated rings. The van der Waals surface area contributed by atoms with Crippen molar-refractivity contribution in [3.8, 4) is 11.3 Å². The van der Waals surface area contributed by atoms with Crippen LogP contribution in [0.15, 0.2) is 65.7 Å². The number of aromatic nitrogens is 2. The molecular formula is C23H24N4OS. The molecule has 2 heterocycles. The number of carbonyl (C=O) groups is 1. The Morgan fingerprint density at radius 3 is 2.93 bits per heavy atom. The van der Waals surface area contributed by atoms with E-state index in [2.05, 4.69) is 28.3 Å². The normalized spacial score (nSPS) is 16.1. The van der Waals surface area contributed by atoms with Gasteiger partial charge in [0.2, 0.25) is 5.91 Å². The van der Waals surface area contributed by atoms with Gasteiger partial charge in [0.25, 0.3) is 0 Å². The Morgan fingerprint density at radius 2 is 2.07 bits per heavy atom. The van der Waals surface area contributed by atoms with Gasteiger partial charge in [0.1, 0.15) is 5.82 Å². The van der Waals surface area contributed by atoms with Crippen LogP contribution in [0.1, 0.15) is 19.2 Å². The van der Waals surface area contributed by atoms with Gasteiger partial charge in [-0.1, -0.05) is 31.2 Å². The van der Waals surface area contributed by atoms with Crippen molar-refractivity contribution in [1.29, 1.82) is 0 Å². The first kappa shape index (κ1) is 19.5. The van der Waals surface area contributed by atoms with Crippen LogP contribution in [0.3, 0.4) is 0 Å². The number of anilines is 2. The highest BCUT2D eigenvalue weighted by Crippen LogP contribution is 2.37. The number of benzene rings is 2. The van der Waals surface area contributed by atoms with Crippen molar-refractivity contribution in [2.24, 2.45) is 0 Å². The van der Waals surface area contributed by atoms with Gasteiger partial charge < -0.3 is 10.2 Å². The molecule has 29 heavy (non-hydrogen) atoms. The molecular weight excluding hydrogens is 380 g/mol. The van der Waals surface area contributed by atoms with Crippen LogP contribution in [0.25, 0.3) is 11.3 Å². The van der Waals surface area contributed by atoms with E-state index in [1.807, 2.05) is 72.1 Å². The fourth-order valence-electron chi connectivity index (χ4n) is 3.42. The van der Waals surface area contributed by atoms with Crippen molar-refractivity contribution >= 4 is 29.0 Å². The first-order chi connectivity index (χ1) is 14.1. The summed E-state index contributed by atoms with van der Waals surface area (Å²) in [5, 5.41) is 3.78. The Bertz CT molecular complexity index is 1020. The summed E-state index contributed by atoms with van der Waals surface area (Å²) < 4.78 is 0. The lowest BCUT2D eigenvalue weighted by Gasteiger charge is -2.23.